The van der Waals surface area contributed by atoms with Crippen molar-refractivity contribution in [1.82, 2.24) is 0 Å². The Hall–Kier alpha value is -2.35. The predicted molar refractivity (Wildman–Crippen MR) is 93.2 cm³/mol. The molecule has 0 spiro atoms. The van der Waals surface area contributed by atoms with Crippen LogP contribution < -0.4 is 0 Å². The molecule has 0 radical (unpaired) electrons. The summed E-state index contributed by atoms with van der Waals surface area (Å²) in [5.41, 5.74) is 2.31. The summed E-state index contributed by atoms with van der Waals surface area (Å²) in [5, 5.41) is 4.18. The van der Waals surface area contributed by atoms with Crippen LogP contribution in [0.3, 0.4) is 0 Å². The molecule has 0 N–H and O–H groups in total. The Balaban J connectivity index is 2.02. The summed E-state index contributed by atoms with van der Waals surface area (Å²) in [5.74, 6) is 0.286. The quantitative estimate of drug-likeness (QED) is 0.373. The smallest absolute Gasteiger partial charge is 0.134 e. The average Bonchev–Trinajstić information content (AvgIpc) is 2.59. The van der Waals surface area contributed by atoms with Gasteiger partial charge in [-0.1, -0.05) is 78.8 Å². The summed E-state index contributed by atoms with van der Waals surface area (Å²) < 4.78 is 0. The second-order valence-corrected chi connectivity index (χ2v) is 5.35. The first-order valence-corrected chi connectivity index (χ1v) is 7.71. The maximum Gasteiger partial charge on any atom is 0.134 e. The third-order valence-corrected chi connectivity index (χ3v) is 3.74. The van der Waals surface area contributed by atoms with E-state index in [9.17, 15) is 0 Å². The highest BCUT2D eigenvalue weighted by atomic mass is 16.6. The molecular formula is C20H23NO. The first-order valence-electron chi connectivity index (χ1n) is 7.71. The van der Waals surface area contributed by atoms with Crippen LogP contribution in [0.25, 0.3) is 0 Å². The minimum absolute atomic E-state index is 0.0420. The van der Waals surface area contributed by atoms with Gasteiger partial charge in [0.15, 0.2) is 0 Å². The van der Waals surface area contributed by atoms with E-state index in [1.54, 1.807) is 6.21 Å². The van der Waals surface area contributed by atoms with Crippen LogP contribution in [0.1, 0.15) is 36.8 Å². The van der Waals surface area contributed by atoms with Crippen LogP contribution in [0, 0.1) is 0 Å². The van der Waals surface area contributed by atoms with E-state index in [0.29, 0.717) is 0 Å². The van der Waals surface area contributed by atoms with E-state index in [4.69, 9.17) is 4.84 Å². The van der Waals surface area contributed by atoms with Gasteiger partial charge in [0.2, 0.25) is 0 Å². The van der Waals surface area contributed by atoms with Crippen LogP contribution in [0.5, 0.6) is 0 Å². The van der Waals surface area contributed by atoms with Gasteiger partial charge in [-0.25, -0.2) is 0 Å². The summed E-state index contributed by atoms with van der Waals surface area (Å²) in [4.78, 5) is 5.79. The maximum atomic E-state index is 5.79. The lowest BCUT2D eigenvalue weighted by Gasteiger charge is -2.22. The molecule has 0 aromatic heterocycles. The van der Waals surface area contributed by atoms with E-state index in [2.05, 4.69) is 42.9 Å². The van der Waals surface area contributed by atoms with Crippen LogP contribution in [0.4, 0.5) is 0 Å². The monoisotopic (exact) mass is 293 g/mol. The van der Waals surface area contributed by atoms with Crippen LogP contribution in [-0.4, -0.2) is 12.3 Å². The third-order valence-electron chi connectivity index (χ3n) is 3.74. The zero-order valence-electron chi connectivity index (χ0n) is 13.1. The topological polar surface area (TPSA) is 21.6 Å². The van der Waals surface area contributed by atoms with Gasteiger partial charge >= 0.3 is 0 Å². The molecule has 2 aromatic carbocycles. The molecule has 0 aliphatic carbocycles. The highest BCUT2D eigenvalue weighted by Gasteiger charge is 2.19. The summed E-state index contributed by atoms with van der Waals surface area (Å²) in [6.07, 6.45) is 5.56. The van der Waals surface area contributed by atoms with Crippen molar-refractivity contribution in [3.8, 4) is 0 Å². The Kier molecular flexibility index (Phi) is 6.43. The van der Waals surface area contributed by atoms with E-state index in [1.807, 2.05) is 42.5 Å². The fraction of sp³-hybridized carbons (Fsp3) is 0.250. The molecule has 2 aromatic rings. The molecule has 0 heterocycles. The number of nitrogens with zero attached hydrogens (tertiary/aromatic N) is 1. The first-order chi connectivity index (χ1) is 10.8. The summed E-state index contributed by atoms with van der Waals surface area (Å²) in [6, 6.07) is 20.4. The fourth-order valence-electron chi connectivity index (χ4n) is 2.36. The Bertz CT molecular complexity index is 577. The molecule has 22 heavy (non-hydrogen) atoms. The maximum absolute atomic E-state index is 5.79. The van der Waals surface area contributed by atoms with Crippen LogP contribution in [-0.2, 0) is 4.84 Å². The van der Waals surface area contributed by atoms with E-state index >= 15 is 0 Å². The Morgan fingerprint density at radius 1 is 1.05 bits per heavy atom. The SMILES string of the molecule is C=CCCC(O/N=C/c1ccccc1)C(C)c1ccccc1. The molecule has 2 atom stereocenters. The fourth-order valence-corrected chi connectivity index (χ4v) is 2.36. The van der Waals surface area contributed by atoms with E-state index in [0.717, 1.165) is 18.4 Å². The van der Waals surface area contributed by atoms with Crippen molar-refractivity contribution in [2.75, 3.05) is 0 Å². The van der Waals surface area contributed by atoms with Crippen LogP contribution in [0.15, 0.2) is 78.5 Å². The largest absolute Gasteiger partial charge is 0.392 e. The van der Waals surface area contributed by atoms with E-state index < -0.39 is 0 Å². The van der Waals surface area contributed by atoms with Crippen molar-refractivity contribution in [3.63, 3.8) is 0 Å². The van der Waals surface area contributed by atoms with Crippen molar-refractivity contribution in [2.24, 2.45) is 5.16 Å². The molecule has 0 bridgehead atoms. The van der Waals surface area contributed by atoms with E-state index in [-0.39, 0.29) is 12.0 Å². The van der Waals surface area contributed by atoms with Crippen molar-refractivity contribution in [3.05, 3.63) is 84.4 Å². The molecule has 0 saturated heterocycles. The van der Waals surface area contributed by atoms with Crippen molar-refractivity contribution in [2.45, 2.75) is 31.8 Å². The molecule has 2 rings (SSSR count). The highest BCUT2D eigenvalue weighted by molar-refractivity contribution is 5.78. The number of allylic oxidation sites excluding steroid dienone is 1. The Morgan fingerprint density at radius 3 is 2.32 bits per heavy atom. The molecule has 0 amide bonds. The van der Waals surface area contributed by atoms with Gasteiger partial charge in [0.1, 0.15) is 6.10 Å². The predicted octanol–water partition coefficient (Wildman–Crippen LogP) is 5.18. The lowest BCUT2D eigenvalue weighted by molar-refractivity contribution is 0.0385. The highest BCUT2D eigenvalue weighted by Crippen LogP contribution is 2.24. The average molecular weight is 293 g/mol. The number of benzene rings is 2. The zero-order chi connectivity index (χ0) is 15.6. The molecule has 0 saturated carbocycles. The van der Waals surface area contributed by atoms with Gasteiger partial charge in [-0.05, 0) is 24.0 Å². The van der Waals surface area contributed by atoms with Crippen molar-refractivity contribution in [1.29, 1.82) is 0 Å². The number of rotatable bonds is 8. The Morgan fingerprint density at radius 2 is 1.68 bits per heavy atom. The molecular weight excluding hydrogens is 270 g/mol. The number of hydrogen-bond acceptors (Lipinski definition) is 2. The number of hydrogen-bond donors (Lipinski definition) is 0. The Labute approximate surface area is 133 Å². The molecule has 0 aliphatic rings. The zero-order valence-corrected chi connectivity index (χ0v) is 13.1. The molecule has 0 fully saturated rings. The van der Waals surface area contributed by atoms with Gasteiger partial charge in [0, 0.05) is 5.92 Å². The van der Waals surface area contributed by atoms with Gasteiger partial charge in [0.25, 0.3) is 0 Å². The second kappa shape index (κ2) is 8.83. The molecule has 2 nitrogen and oxygen atoms in total. The van der Waals surface area contributed by atoms with Gasteiger partial charge in [0.05, 0.1) is 6.21 Å². The van der Waals surface area contributed by atoms with Crippen LogP contribution >= 0.6 is 0 Å². The first kappa shape index (κ1) is 16.0. The minimum Gasteiger partial charge on any atom is -0.392 e. The van der Waals surface area contributed by atoms with Gasteiger partial charge < -0.3 is 4.84 Å². The van der Waals surface area contributed by atoms with Gasteiger partial charge in [-0.15, -0.1) is 6.58 Å². The third kappa shape index (κ3) is 4.88. The van der Waals surface area contributed by atoms with Gasteiger partial charge in [-0.3, -0.25) is 0 Å². The number of oxime groups is 1. The minimum atomic E-state index is 0.0420. The van der Waals surface area contributed by atoms with Gasteiger partial charge in [-0.2, -0.15) is 0 Å². The van der Waals surface area contributed by atoms with Crippen LogP contribution in [0.2, 0.25) is 0 Å². The summed E-state index contributed by atoms with van der Waals surface area (Å²) >= 11 is 0. The lowest BCUT2D eigenvalue weighted by Crippen LogP contribution is -2.18. The molecule has 2 unspecified atom stereocenters. The van der Waals surface area contributed by atoms with Crippen molar-refractivity contribution >= 4 is 6.21 Å². The summed E-state index contributed by atoms with van der Waals surface area (Å²) in [6.45, 7) is 5.98. The summed E-state index contributed by atoms with van der Waals surface area (Å²) in [7, 11) is 0. The molecule has 114 valence electrons. The second-order valence-electron chi connectivity index (χ2n) is 5.35. The van der Waals surface area contributed by atoms with E-state index in [1.165, 1.54) is 5.56 Å². The lowest BCUT2D eigenvalue weighted by atomic mass is 9.93. The molecule has 0 aliphatic heterocycles. The molecule has 2 heteroatoms. The standard InChI is InChI=1S/C20H23NO/c1-3-4-15-20(17(2)19-13-9-6-10-14-19)22-21-16-18-11-7-5-8-12-18/h3,5-14,16-17,20H,1,4,15H2,2H3/b21-16+. The normalized spacial score (nSPS) is 13.7. The van der Waals surface area contributed by atoms with Crippen molar-refractivity contribution < 1.29 is 4.84 Å².